The number of aromatic nitrogens is 2. The van der Waals surface area contributed by atoms with Gasteiger partial charge in [0.15, 0.2) is 0 Å². The van der Waals surface area contributed by atoms with Gasteiger partial charge in [-0.1, -0.05) is 30.3 Å². The predicted molar refractivity (Wildman–Crippen MR) is 109 cm³/mol. The molecule has 0 saturated heterocycles. The van der Waals surface area contributed by atoms with Gasteiger partial charge in [0.05, 0.1) is 17.8 Å². The van der Waals surface area contributed by atoms with E-state index in [2.05, 4.69) is 26.0 Å². The molecule has 2 N–H and O–H groups in total. The Kier molecular flexibility index (Phi) is 5.31. The number of anilines is 1. The molecular formula is C22H26N4O. The summed E-state index contributed by atoms with van der Waals surface area (Å²) >= 11 is 0. The summed E-state index contributed by atoms with van der Waals surface area (Å²) in [6.45, 7) is 6.67. The molecular weight excluding hydrogens is 336 g/mol. The number of nitrogen functional groups attached to an aromatic ring is 1. The van der Waals surface area contributed by atoms with Crippen molar-refractivity contribution in [1.29, 1.82) is 0 Å². The van der Waals surface area contributed by atoms with E-state index in [1.165, 1.54) is 5.56 Å². The number of aryl methyl sites for hydroxylation is 2. The van der Waals surface area contributed by atoms with Crippen LogP contribution in [0.25, 0.3) is 5.69 Å². The monoisotopic (exact) mass is 362 g/mol. The van der Waals surface area contributed by atoms with E-state index >= 15 is 0 Å². The fourth-order valence-electron chi connectivity index (χ4n) is 3.21. The minimum absolute atomic E-state index is 0.0715. The second kappa shape index (κ2) is 7.66. The zero-order valence-electron chi connectivity index (χ0n) is 16.4. The fourth-order valence-corrected chi connectivity index (χ4v) is 3.21. The molecule has 3 aromatic rings. The van der Waals surface area contributed by atoms with Gasteiger partial charge in [-0.25, -0.2) is 4.68 Å². The highest BCUT2D eigenvalue weighted by atomic mass is 16.2. The smallest absolute Gasteiger partial charge is 0.227 e. The van der Waals surface area contributed by atoms with Gasteiger partial charge in [-0.2, -0.15) is 5.10 Å². The maximum absolute atomic E-state index is 12.6. The number of hydrogen-bond acceptors (Lipinski definition) is 3. The van der Waals surface area contributed by atoms with Crippen molar-refractivity contribution in [3.05, 3.63) is 76.6 Å². The molecule has 2 aromatic carbocycles. The first kappa shape index (κ1) is 18.7. The highest BCUT2D eigenvalue weighted by Gasteiger charge is 2.18. The molecule has 0 aliphatic heterocycles. The van der Waals surface area contributed by atoms with Gasteiger partial charge in [-0.3, -0.25) is 4.79 Å². The van der Waals surface area contributed by atoms with E-state index in [0.29, 0.717) is 18.7 Å². The molecule has 27 heavy (non-hydrogen) atoms. The third kappa shape index (κ3) is 4.03. The van der Waals surface area contributed by atoms with E-state index < -0.39 is 0 Å². The van der Waals surface area contributed by atoms with Crippen LogP contribution < -0.4 is 5.73 Å². The Morgan fingerprint density at radius 3 is 2.41 bits per heavy atom. The van der Waals surface area contributed by atoms with E-state index in [1.807, 2.05) is 55.1 Å². The molecule has 1 amide bonds. The lowest BCUT2D eigenvalue weighted by Gasteiger charge is -2.18. The zero-order chi connectivity index (χ0) is 19.6. The summed E-state index contributed by atoms with van der Waals surface area (Å²) in [7, 11) is 1.84. The van der Waals surface area contributed by atoms with Crippen molar-refractivity contribution < 1.29 is 4.79 Å². The van der Waals surface area contributed by atoms with E-state index in [1.54, 1.807) is 4.90 Å². The molecule has 0 atom stereocenters. The minimum atomic E-state index is 0.0715. The molecule has 3 rings (SSSR count). The van der Waals surface area contributed by atoms with E-state index in [-0.39, 0.29) is 5.91 Å². The van der Waals surface area contributed by atoms with Gasteiger partial charge in [0.25, 0.3) is 0 Å². The van der Waals surface area contributed by atoms with Crippen molar-refractivity contribution in [3.8, 4) is 5.69 Å². The van der Waals surface area contributed by atoms with Crippen LogP contribution in [0.5, 0.6) is 0 Å². The molecule has 1 aromatic heterocycles. The summed E-state index contributed by atoms with van der Waals surface area (Å²) in [6, 6.07) is 15.6. The van der Waals surface area contributed by atoms with Gasteiger partial charge in [0, 0.05) is 30.5 Å². The lowest BCUT2D eigenvalue weighted by Crippen LogP contribution is -2.28. The number of para-hydroxylation sites is 1. The maximum atomic E-state index is 12.6. The van der Waals surface area contributed by atoms with Gasteiger partial charge in [0.2, 0.25) is 5.91 Å². The molecule has 5 nitrogen and oxygen atoms in total. The largest absolute Gasteiger partial charge is 0.399 e. The number of amides is 1. The average molecular weight is 362 g/mol. The summed E-state index contributed by atoms with van der Waals surface area (Å²) in [5.41, 5.74) is 12.7. The molecule has 1 heterocycles. The Hall–Kier alpha value is -3.08. The second-order valence-corrected chi connectivity index (χ2v) is 7.02. The van der Waals surface area contributed by atoms with Gasteiger partial charge in [0.1, 0.15) is 0 Å². The highest BCUT2D eigenvalue weighted by Crippen LogP contribution is 2.21. The number of carbonyl (C=O) groups excluding carboxylic acids is 1. The molecule has 5 heteroatoms. The lowest BCUT2D eigenvalue weighted by atomic mass is 10.1. The number of nitrogens with zero attached hydrogens (tertiary/aromatic N) is 3. The van der Waals surface area contributed by atoms with Crippen molar-refractivity contribution >= 4 is 11.6 Å². The summed E-state index contributed by atoms with van der Waals surface area (Å²) in [5.74, 6) is 0.0715. The van der Waals surface area contributed by atoms with Crippen LogP contribution in [-0.2, 0) is 17.8 Å². The van der Waals surface area contributed by atoms with E-state index in [0.717, 1.165) is 28.2 Å². The van der Waals surface area contributed by atoms with Crippen LogP contribution in [-0.4, -0.2) is 27.6 Å². The number of benzene rings is 2. The number of nitrogens with two attached hydrogens (primary N) is 1. The summed E-state index contributed by atoms with van der Waals surface area (Å²) < 4.78 is 1.97. The molecule has 0 unspecified atom stereocenters. The summed E-state index contributed by atoms with van der Waals surface area (Å²) in [5, 5.41) is 4.71. The molecule has 0 aliphatic rings. The first-order chi connectivity index (χ1) is 12.9. The molecule has 0 bridgehead atoms. The van der Waals surface area contributed by atoms with E-state index in [9.17, 15) is 4.79 Å². The van der Waals surface area contributed by atoms with Crippen molar-refractivity contribution in [3.63, 3.8) is 0 Å². The SMILES string of the molecule is Cc1ccccc1-n1nc(C)c(CN(C)C(=O)Cc2ccc(N)cc2)c1C. The topological polar surface area (TPSA) is 64.2 Å². The van der Waals surface area contributed by atoms with Crippen molar-refractivity contribution in [2.75, 3.05) is 12.8 Å². The first-order valence-corrected chi connectivity index (χ1v) is 9.06. The fraction of sp³-hybridized carbons (Fsp3) is 0.273. The second-order valence-electron chi connectivity index (χ2n) is 7.02. The quantitative estimate of drug-likeness (QED) is 0.706. The molecule has 0 aliphatic carbocycles. The zero-order valence-corrected chi connectivity index (χ0v) is 16.4. The third-order valence-electron chi connectivity index (χ3n) is 4.94. The number of rotatable bonds is 5. The normalized spacial score (nSPS) is 10.8. The minimum Gasteiger partial charge on any atom is -0.399 e. The molecule has 0 saturated carbocycles. The van der Waals surface area contributed by atoms with Crippen molar-refractivity contribution in [2.45, 2.75) is 33.7 Å². The first-order valence-electron chi connectivity index (χ1n) is 9.06. The van der Waals surface area contributed by atoms with Crippen LogP contribution in [0, 0.1) is 20.8 Å². The summed E-state index contributed by atoms with van der Waals surface area (Å²) in [6.07, 6.45) is 0.362. The lowest BCUT2D eigenvalue weighted by molar-refractivity contribution is -0.129. The van der Waals surface area contributed by atoms with Crippen LogP contribution in [0.15, 0.2) is 48.5 Å². The number of likely N-dealkylation sites (N-methyl/N-ethyl adjacent to an activating group) is 1. The Morgan fingerprint density at radius 1 is 1.07 bits per heavy atom. The van der Waals surface area contributed by atoms with Crippen molar-refractivity contribution in [2.24, 2.45) is 0 Å². The Labute approximate surface area is 160 Å². The van der Waals surface area contributed by atoms with Crippen LogP contribution >= 0.6 is 0 Å². The molecule has 140 valence electrons. The molecule has 0 radical (unpaired) electrons. The standard InChI is InChI=1S/C22H26N4O/c1-15-7-5-6-8-21(15)26-17(3)20(16(2)24-26)14-25(4)22(27)13-18-9-11-19(23)12-10-18/h5-12H,13-14,23H2,1-4H3. The number of hydrogen-bond donors (Lipinski definition) is 1. The highest BCUT2D eigenvalue weighted by molar-refractivity contribution is 5.78. The van der Waals surface area contributed by atoms with Gasteiger partial charge >= 0.3 is 0 Å². The molecule has 0 fully saturated rings. The Bertz CT molecular complexity index is 957. The maximum Gasteiger partial charge on any atom is 0.227 e. The van der Waals surface area contributed by atoms with E-state index in [4.69, 9.17) is 10.8 Å². The molecule has 0 spiro atoms. The van der Waals surface area contributed by atoms with Crippen LogP contribution in [0.3, 0.4) is 0 Å². The van der Waals surface area contributed by atoms with Crippen molar-refractivity contribution in [1.82, 2.24) is 14.7 Å². The number of carbonyl (C=O) groups is 1. The Morgan fingerprint density at radius 2 is 1.74 bits per heavy atom. The van der Waals surface area contributed by atoms with Gasteiger partial charge in [-0.05, 0) is 50.1 Å². The Balaban J connectivity index is 1.78. The van der Waals surface area contributed by atoms with Crippen LogP contribution in [0.4, 0.5) is 5.69 Å². The van der Waals surface area contributed by atoms with Gasteiger partial charge in [-0.15, -0.1) is 0 Å². The third-order valence-corrected chi connectivity index (χ3v) is 4.94. The summed E-state index contributed by atoms with van der Waals surface area (Å²) in [4.78, 5) is 14.4. The van der Waals surface area contributed by atoms with Crippen LogP contribution in [0.1, 0.15) is 28.1 Å². The predicted octanol–water partition coefficient (Wildman–Crippen LogP) is 3.58. The van der Waals surface area contributed by atoms with Gasteiger partial charge < -0.3 is 10.6 Å². The average Bonchev–Trinajstić information content (AvgIpc) is 2.92. The van der Waals surface area contributed by atoms with Crippen LogP contribution in [0.2, 0.25) is 0 Å².